The fourth-order valence-corrected chi connectivity index (χ4v) is 2.27. The normalized spacial score (nSPS) is 20.9. The summed E-state index contributed by atoms with van der Waals surface area (Å²) in [6.07, 6.45) is 4.88. The number of rotatable bonds is 2. The SMILES string of the molecule is CC(C)(C)C1CCN(c2ncc(CN)cn2)C1. The maximum atomic E-state index is 5.54. The molecule has 17 heavy (non-hydrogen) atoms. The minimum Gasteiger partial charge on any atom is -0.341 e. The second kappa shape index (κ2) is 4.61. The van der Waals surface area contributed by atoms with E-state index in [4.69, 9.17) is 5.73 Å². The molecule has 2 rings (SSSR count). The summed E-state index contributed by atoms with van der Waals surface area (Å²) in [5, 5.41) is 0. The first kappa shape index (κ1) is 12.3. The maximum Gasteiger partial charge on any atom is 0.225 e. The topological polar surface area (TPSA) is 55.0 Å². The third-order valence-electron chi connectivity index (χ3n) is 3.62. The number of nitrogens with zero attached hydrogens (tertiary/aromatic N) is 3. The lowest BCUT2D eigenvalue weighted by Gasteiger charge is -2.26. The molecular formula is C13H22N4. The summed E-state index contributed by atoms with van der Waals surface area (Å²) >= 11 is 0. The second-order valence-electron chi connectivity index (χ2n) is 5.89. The largest absolute Gasteiger partial charge is 0.341 e. The molecule has 0 radical (unpaired) electrons. The van der Waals surface area contributed by atoms with Gasteiger partial charge in [-0.05, 0) is 17.8 Å². The lowest BCUT2D eigenvalue weighted by molar-refractivity contribution is 0.263. The van der Waals surface area contributed by atoms with E-state index in [-0.39, 0.29) is 0 Å². The smallest absolute Gasteiger partial charge is 0.225 e. The number of hydrogen-bond acceptors (Lipinski definition) is 4. The minimum atomic E-state index is 0.367. The maximum absolute atomic E-state index is 5.54. The number of anilines is 1. The van der Waals surface area contributed by atoms with Crippen LogP contribution in [0.1, 0.15) is 32.8 Å². The summed E-state index contributed by atoms with van der Waals surface area (Å²) in [7, 11) is 0. The summed E-state index contributed by atoms with van der Waals surface area (Å²) in [4.78, 5) is 11.0. The van der Waals surface area contributed by atoms with Crippen LogP contribution in [-0.4, -0.2) is 23.1 Å². The average molecular weight is 234 g/mol. The molecule has 1 aliphatic rings. The highest BCUT2D eigenvalue weighted by molar-refractivity contribution is 5.31. The van der Waals surface area contributed by atoms with E-state index < -0.39 is 0 Å². The Morgan fingerprint density at radius 1 is 1.35 bits per heavy atom. The Morgan fingerprint density at radius 2 is 2.00 bits per heavy atom. The van der Waals surface area contributed by atoms with E-state index in [2.05, 4.69) is 35.6 Å². The summed E-state index contributed by atoms with van der Waals surface area (Å²) in [6.45, 7) is 9.54. The minimum absolute atomic E-state index is 0.367. The Kier molecular flexibility index (Phi) is 3.33. The highest BCUT2D eigenvalue weighted by atomic mass is 15.3. The van der Waals surface area contributed by atoms with Gasteiger partial charge in [0, 0.05) is 37.6 Å². The number of hydrogen-bond donors (Lipinski definition) is 1. The number of nitrogens with two attached hydrogens (primary N) is 1. The van der Waals surface area contributed by atoms with Crippen LogP contribution in [0.25, 0.3) is 0 Å². The van der Waals surface area contributed by atoms with E-state index in [0.29, 0.717) is 12.0 Å². The summed E-state index contributed by atoms with van der Waals surface area (Å²) in [6, 6.07) is 0. The van der Waals surface area contributed by atoms with Gasteiger partial charge in [-0.15, -0.1) is 0 Å². The standard InChI is InChI=1S/C13H22N4/c1-13(2,3)11-4-5-17(9-11)12-15-7-10(6-14)8-16-12/h7-8,11H,4-6,9,14H2,1-3H3. The van der Waals surface area contributed by atoms with Gasteiger partial charge in [0.25, 0.3) is 0 Å². The zero-order chi connectivity index (χ0) is 12.5. The van der Waals surface area contributed by atoms with Crippen LogP contribution in [0, 0.1) is 11.3 Å². The Balaban J connectivity index is 2.05. The van der Waals surface area contributed by atoms with E-state index in [1.807, 2.05) is 12.4 Å². The van der Waals surface area contributed by atoms with Gasteiger partial charge in [0.05, 0.1) is 0 Å². The van der Waals surface area contributed by atoms with Crippen molar-refractivity contribution in [3.63, 3.8) is 0 Å². The van der Waals surface area contributed by atoms with Crippen molar-refractivity contribution < 1.29 is 0 Å². The van der Waals surface area contributed by atoms with Gasteiger partial charge < -0.3 is 10.6 Å². The highest BCUT2D eigenvalue weighted by Crippen LogP contribution is 2.34. The second-order valence-corrected chi connectivity index (χ2v) is 5.89. The van der Waals surface area contributed by atoms with Gasteiger partial charge in [0.1, 0.15) is 0 Å². The predicted molar refractivity (Wildman–Crippen MR) is 69.7 cm³/mol. The van der Waals surface area contributed by atoms with E-state index in [9.17, 15) is 0 Å². The molecule has 1 aromatic rings. The summed E-state index contributed by atoms with van der Waals surface area (Å²) < 4.78 is 0. The van der Waals surface area contributed by atoms with Crippen LogP contribution in [0.15, 0.2) is 12.4 Å². The van der Waals surface area contributed by atoms with E-state index >= 15 is 0 Å². The molecule has 1 aromatic heterocycles. The Morgan fingerprint density at radius 3 is 2.47 bits per heavy atom. The monoisotopic (exact) mass is 234 g/mol. The molecule has 1 aliphatic heterocycles. The Bertz CT molecular complexity index is 366. The van der Waals surface area contributed by atoms with Gasteiger partial charge in [0.2, 0.25) is 5.95 Å². The van der Waals surface area contributed by atoms with E-state index in [1.54, 1.807) is 0 Å². The molecular weight excluding hydrogens is 212 g/mol. The van der Waals surface area contributed by atoms with Gasteiger partial charge in [-0.2, -0.15) is 0 Å². The molecule has 1 atom stereocenters. The number of aromatic nitrogens is 2. The van der Waals surface area contributed by atoms with Crippen LogP contribution in [0.2, 0.25) is 0 Å². The Hall–Kier alpha value is -1.16. The molecule has 1 unspecified atom stereocenters. The van der Waals surface area contributed by atoms with Crippen molar-refractivity contribution in [1.82, 2.24) is 9.97 Å². The van der Waals surface area contributed by atoms with Gasteiger partial charge in [-0.1, -0.05) is 20.8 Å². The zero-order valence-corrected chi connectivity index (χ0v) is 11.0. The molecule has 94 valence electrons. The quantitative estimate of drug-likeness (QED) is 0.848. The molecule has 4 nitrogen and oxygen atoms in total. The lowest BCUT2D eigenvalue weighted by Crippen LogP contribution is -2.27. The van der Waals surface area contributed by atoms with Crippen LogP contribution >= 0.6 is 0 Å². The molecule has 2 heterocycles. The molecule has 4 heteroatoms. The fraction of sp³-hybridized carbons (Fsp3) is 0.692. The van der Waals surface area contributed by atoms with Gasteiger partial charge in [-0.3, -0.25) is 0 Å². The fourth-order valence-electron chi connectivity index (χ4n) is 2.27. The van der Waals surface area contributed by atoms with Crippen molar-refractivity contribution in [3.8, 4) is 0 Å². The predicted octanol–water partition coefficient (Wildman–Crippen LogP) is 1.81. The first-order chi connectivity index (χ1) is 8.00. The first-order valence-corrected chi connectivity index (χ1v) is 6.26. The third kappa shape index (κ3) is 2.75. The van der Waals surface area contributed by atoms with E-state index in [1.165, 1.54) is 6.42 Å². The molecule has 1 saturated heterocycles. The van der Waals surface area contributed by atoms with Crippen LogP contribution in [0.4, 0.5) is 5.95 Å². The summed E-state index contributed by atoms with van der Waals surface area (Å²) in [5.41, 5.74) is 6.89. The van der Waals surface area contributed by atoms with Crippen LogP contribution in [0.5, 0.6) is 0 Å². The van der Waals surface area contributed by atoms with E-state index in [0.717, 1.165) is 30.5 Å². The van der Waals surface area contributed by atoms with Crippen LogP contribution in [0.3, 0.4) is 0 Å². The van der Waals surface area contributed by atoms with Crippen molar-refractivity contribution in [1.29, 1.82) is 0 Å². The van der Waals surface area contributed by atoms with Crippen molar-refractivity contribution in [2.75, 3.05) is 18.0 Å². The molecule has 0 saturated carbocycles. The molecule has 0 spiro atoms. The molecule has 0 amide bonds. The average Bonchev–Trinajstić information content (AvgIpc) is 2.78. The van der Waals surface area contributed by atoms with Gasteiger partial charge in [-0.25, -0.2) is 9.97 Å². The van der Waals surface area contributed by atoms with Crippen molar-refractivity contribution in [3.05, 3.63) is 18.0 Å². The highest BCUT2D eigenvalue weighted by Gasteiger charge is 2.32. The first-order valence-electron chi connectivity index (χ1n) is 6.26. The molecule has 0 aromatic carbocycles. The molecule has 0 aliphatic carbocycles. The summed E-state index contributed by atoms with van der Waals surface area (Å²) in [5.74, 6) is 1.56. The molecule has 0 bridgehead atoms. The lowest BCUT2D eigenvalue weighted by atomic mass is 9.80. The van der Waals surface area contributed by atoms with Crippen LogP contribution in [-0.2, 0) is 6.54 Å². The zero-order valence-electron chi connectivity index (χ0n) is 11.0. The van der Waals surface area contributed by atoms with Crippen molar-refractivity contribution in [2.24, 2.45) is 17.1 Å². The third-order valence-corrected chi connectivity index (χ3v) is 3.62. The van der Waals surface area contributed by atoms with Gasteiger partial charge >= 0.3 is 0 Å². The Labute approximate surface area is 103 Å². The van der Waals surface area contributed by atoms with Crippen molar-refractivity contribution >= 4 is 5.95 Å². The van der Waals surface area contributed by atoms with Crippen molar-refractivity contribution in [2.45, 2.75) is 33.7 Å². The van der Waals surface area contributed by atoms with Gasteiger partial charge in [0.15, 0.2) is 0 Å². The molecule has 1 fully saturated rings. The molecule has 2 N–H and O–H groups in total. The van der Waals surface area contributed by atoms with Crippen LogP contribution < -0.4 is 10.6 Å².